The highest BCUT2D eigenvalue weighted by atomic mass is 16.3. The summed E-state index contributed by atoms with van der Waals surface area (Å²) in [5.41, 5.74) is 0.540. The van der Waals surface area contributed by atoms with E-state index in [1.807, 2.05) is 0 Å². The van der Waals surface area contributed by atoms with Gasteiger partial charge in [0.25, 0.3) is 5.91 Å². The first kappa shape index (κ1) is 11.3. The van der Waals surface area contributed by atoms with Crippen molar-refractivity contribution in [1.82, 2.24) is 25.3 Å². The van der Waals surface area contributed by atoms with E-state index >= 15 is 0 Å². The average Bonchev–Trinajstić information content (AvgIpc) is 2.97. The molecular formula is C10H13N5O2. The van der Waals surface area contributed by atoms with Crippen molar-refractivity contribution in [3.63, 3.8) is 0 Å². The second-order valence-electron chi connectivity index (χ2n) is 3.59. The highest BCUT2D eigenvalue weighted by Gasteiger charge is 2.09. The standard InChI is InChI=1S/C10H13N5O2/c16-9(7-15-4-3-13-14-15)6-12-10(17)8-1-2-11-5-8/h1-5,9,11,16H,6-7H2,(H,12,17). The molecule has 2 aromatic heterocycles. The largest absolute Gasteiger partial charge is 0.389 e. The van der Waals surface area contributed by atoms with E-state index in [0.29, 0.717) is 12.1 Å². The van der Waals surface area contributed by atoms with Crippen LogP contribution < -0.4 is 5.32 Å². The van der Waals surface area contributed by atoms with E-state index in [0.717, 1.165) is 0 Å². The van der Waals surface area contributed by atoms with Gasteiger partial charge in [-0.05, 0) is 6.07 Å². The lowest BCUT2D eigenvalue weighted by Crippen LogP contribution is -2.34. The van der Waals surface area contributed by atoms with Gasteiger partial charge in [-0.3, -0.25) is 4.79 Å². The number of carbonyl (C=O) groups is 1. The quantitative estimate of drug-likeness (QED) is 0.644. The van der Waals surface area contributed by atoms with Crippen LogP contribution in [0.25, 0.3) is 0 Å². The normalized spacial score (nSPS) is 12.3. The van der Waals surface area contributed by atoms with Crippen molar-refractivity contribution < 1.29 is 9.90 Å². The summed E-state index contributed by atoms with van der Waals surface area (Å²) < 4.78 is 1.51. The molecule has 2 rings (SSSR count). The first-order valence-corrected chi connectivity index (χ1v) is 5.19. The molecule has 2 heterocycles. The highest BCUT2D eigenvalue weighted by Crippen LogP contribution is 1.96. The molecule has 0 aliphatic rings. The molecule has 1 unspecified atom stereocenters. The van der Waals surface area contributed by atoms with Gasteiger partial charge in [0.05, 0.1) is 24.4 Å². The minimum atomic E-state index is -0.695. The van der Waals surface area contributed by atoms with Gasteiger partial charge < -0.3 is 15.4 Å². The van der Waals surface area contributed by atoms with Crippen LogP contribution in [0.4, 0.5) is 0 Å². The Balaban J connectivity index is 1.76. The van der Waals surface area contributed by atoms with E-state index in [1.165, 1.54) is 10.9 Å². The minimum Gasteiger partial charge on any atom is -0.389 e. The number of nitrogens with one attached hydrogen (secondary N) is 2. The minimum absolute atomic E-state index is 0.171. The summed E-state index contributed by atoms with van der Waals surface area (Å²) in [4.78, 5) is 14.3. The zero-order chi connectivity index (χ0) is 12.1. The van der Waals surface area contributed by atoms with Crippen molar-refractivity contribution >= 4 is 5.91 Å². The average molecular weight is 235 g/mol. The molecule has 0 saturated carbocycles. The van der Waals surface area contributed by atoms with Gasteiger partial charge in [-0.15, -0.1) is 5.10 Å². The molecule has 0 fully saturated rings. The summed E-state index contributed by atoms with van der Waals surface area (Å²) in [6.45, 7) is 0.470. The fourth-order valence-corrected chi connectivity index (χ4v) is 1.39. The topological polar surface area (TPSA) is 95.8 Å². The monoisotopic (exact) mass is 235 g/mol. The van der Waals surface area contributed by atoms with Gasteiger partial charge in [-0.1, -0.05) is 5.21 Å². The number of nitrogens with zero attached hydrogens (tertiary/aromatic N) is 3. The van der Waals surface area contributed by atoms with Crippen LogP contribution in [0, 0.1) is 0 Å². The van der Waals surface area contributed by atoms with E-state index < -0.39 is 6.10 Å². The summed E-state index contributed by atoms with van der Waals surface area (Å²) >= 11 is 0. The number of carbonyl (C=O) groups excluding carboxylic acids is 1. The fourth-order valence-electron chi connectivity index (χ4n) is 1.39. The van der Waals surface area contributed by atoms with Gasteiger partial charge >= 0.3 is 0 Å². The molecule has 0 aliphatic heterocycles. The second-order valence-corrected chi connectivity index (χ2v) is 3.59. The molecule has 1 amide bonds. The van der Waals surface area contributed by atoms with E-state index in [2.05, 4.69) is 20.6 Å². The molecule has 90 valence electrons. The molecule has 2 aromatic rings. The van der Waals surface area contributed by atoms with Crippen LogP contribution in [0.1, 0.15) is 10.4 Å². The fraction of sp³-hybridized carbons (Fsp3) is 0.300. The lowest BCUT2D eigenvalue weighted by molar-refractivity contribution is 0.0900. The number of rotatable bonds is 5. The molecule has 0 radical (unpaired) electrons. The molecule has 0 aromatic carbocycles. The van der Waals surface area contributed by atoms with Crippen molar-refractivity contribution in [3.05, 3.63) is 36.4 Å². The molecule has 0 saturated heterocycles. The van der Waals surface area contributed by atoms with Gasteiger partial charge in [-0.2, -0.15) is 0 Å². The number of hydrogen-bond acceptors (Lipinski definition) is 4. The van der Waals surface area contributed by atoms with Gasteiger partial charge in [0.15, 0.2) is 0 Å². The molecule has 0 bridgehead atoms. The predicted molar refractivity (Wildman–Crippen MR) is 59.2 cm³/mol. The Morgan fingerprint density at radius 3 is 3.18 bits per heavy atom. The van der Waals surface area contributed by atoms with Gasteiger partial charge in [-0.25, -0.2) is 4.68 Å². The summed E-state index contributed by atoms with van der Waals surface area (Å²) in [5.74, 6) is -0.219. The number of hydrogen-bond donors (Lipinski definition) is 3. The molecule has 1 atom stereocenters. The van der Waals surface area contributed by atoms with E-state index in [1.54, 1.807) is 24.7 Å². The summed E-state index contributed by atoms with van der Waals surface area (Å²) in [6.07, 6.45) is 5.75. The number of aliphatic hydroxyl groups is 1. The van der Waals surface area contributed by atoms with Gasteiger partial charge in [0.2, 0.25) is 0 Å². The van der Waals surface area contributed by atoms with Gasteiger partial charge in [0, 0.05) is 25.1 Å². The number of aliphatic hydroxyl groups excluding tert-OH is 1. The molecular weight excluding hydrogens is 222 g/mol. The third-order valence-corrected chi connectivity index (χ3v) is 2.23. The number of aromatic nitrogens is 4. The number of amides is 1. The van der Waals surface area contributed by atoms with E-state index in [4.69, 9.17) is 0 Å². The zero-order valence-corrected chi connectivity index (χ0v) is 9.08. The summed E-state index contributed by atoms with van der Waals surface area (Å²) in [7, 11) is 0. The van der Waals surface area contributed by atoms with Crippen LogP contribution in [0.2, 0.25) is 0 Å². The predicted octanol–water partition coefficient (Wildman–Crippen LogP) is -0.603. The lowest BCUT2D eigenvalue weighted by Gasteiger charge is -2.10. The Morgan fingerprint density at radius 1 is 1.65 bits per heavy atom. The molecule has 0 aliphatic carbocycles. The smallest absolute Gasteiger partial charge is 0.252 e. The highest BCUT2D eigenvalue weighted by molar-refractivity contribution is 5.93. The number of aromatic amines is 1. The molecule has 7 nitrogen and oxygen atoms in total. The zero-order valence-electron chi connectivity index (χ0n) is 9.08. The van der Waals surface area contributed by atoms with Crippen molar-refractivity contribution in [3.8, 4) is 0 Å². The summed E-state index contributed by atoms with van der Waals surface area (Å²) in [6, 6.07) is 1.67. The van der Waals surface area contributed by atoms with Crippen LogP contribution in [-0.4, -0.2) is 43.6 Å². The lowest BCUT2D eigenvalue weighted by atomic mass is 10.3. The Bertz CT molecular complexity index is 451. The van der Waals surface area contributed by atoms with Crippen LogP contribution in [0.5, 0.6) is 0 Å². The van der Waals surface area contributed by atoms with E-state index in [-0.39, 0.29) is 12.5 Å². The second kappa shape index (κ2) is 5.26. The van der Waals surface area contributed by atoms with Crippen LogP contribution in [-0.2, 0) is 6.54 Å². The molecule has 0 spiro atoms. The maximum Gasteiger partial charge on any atom is 0.252 e. The molecule has 7 heteroatoms. The Kier molecular flexibility index (Phi) is 3.51. The Hall–Kier alpha value is -2.15. The Morgan fingerprint density at radius 2 is 2.53 bits per heavy atom. The van der Waals surface area contributed by atoms with Crippen molar-refractivity contribution in [2.45, 2.75) is 12.6 Å². The van der Waals surface area contributed by atoms with Crippen molar-refractivity contribution in [2.24, 2.45) is 0 Å². The summed E-state index contributed by atoms with van der Waals surface area (Å²) in [5, 5.41) is 19.6. The third kappa shape index (κ3) is 3.15. The number of H-pyrrole nitrogens is 1. The van der Waals surface area contributed by atoms with Crippen LogP contribution in [0.3, 0.4) is 0 Å². The first-order chi connectivity index (χ1) is 8.25. The first-order valence-electron chi connectivity index (χ1n) is 5.19. The molecule has 3 N–H and O–H groups in total. The maximum atomic E-state index is 11.5. The van der Waals surface area contributed by atoms with Crippen molar-refractivity contribution in [1.29, 1.82) is 0 Å². The van der Waals surface area contributed by atoms with Gasteiger partial charge in [0.1, 0.15) is 0 Å². The SMILES string of the molecule is O=C(NCC(O)Cn1ccnn1)c1cc[nH]c1. The van der Waals surface area contributed by atoms with E-state index in [9.17, 15) is 9.90 Å². The van der Waals surface area contributed by atoms with Crippen molar-refractivity contribution in [2.75, 3.05) is 6.54 Å². The third-order valence-electron chi connectivity index (χ3n) is 2.23. The Labute approximate surface area is 97.5 Å². The van der Waals surface area contributed by atoms with Crippen LogP contribution in [0.15, 0.2) is 30.9 Å². The maximum absolute atomic E-state index is 11.5. The molecule has 17 heavy (non-hydrogen) atoms. The van der Waals surface area contributed by atoms with Crippen LogP contribution >= 0.6 is 0 Å².